The first kappa shape index (κ1) is 22.8. The molecule has 0 aromatic carbocycles. The highest BCUT2D eigenvalue weighted by molar-refractivity contribution is 7.88. The molecular weight excluding hydrogens is 420 g/mol. The second kappa shape index (κ2) is 9.63. The van der Waals surface area contributed by atoms with Gasteiger partial charge >= 0.3 is 0 Å². The number of hydrogen-bond donors (Lipinski definition) is 2. The predicted molar refractivity (Wildman–Crippen MR) is 117 cm³/mol. The molecule has 10 nitrogen and oxygen atoms in total. The van der Waals surface area contributed by atoms with E-state index in [-0.39, 0.29) is 18.2 Å². The standard InChI is InChI=1S/C20H34N6O4S/c1-14(12-29-2)30-15-4-5-17-16(10-15)20(24-23-17)18-11-19(22-13-21-18)25-6-8-26(9-7-25)31(3,27)28/h11,13-17,20,23-24H,4-10,12H2,1-3H3/t14-,15?,16?,17?,20?/m0/s1. The van der Waals surface area contributed by atoms with E-state index in [1.54, 1.807) is 13.4 Å². The summed E-state index contributed by atoms with van der Waals surface area (Å²) in [5.74, 6) is 1.24. The van der Waals surface area contributed by atoms with Crippen molar-refractivity contribution < 1.29 is 17.9 Å². The van der Waals surface area contributed by atoms with Crippen molar-refractivity contribution in [1.82, 2.24) is 25.1 Å². The lowest BCUT2D eigenvalue weighted by Gasteiger charge is -2.35. The topological polar surface area (TPSA) is 109 Å². The zero-order chi connectivity index (χ0) is 22.0. The van der Waals surface area contributed by atoms with E-state index in [9.17, 15) is 8.42 Å². The fraction of sp³-hybridized carbons (Fsp3) is 0.800. The van der Waals surface area contributed by atoms with Crippen LogP contribution in [0.25, 0.3) is 0 Å². The average molecular weight is 455 g/mol. The molecule has 1 aromatic heterocycles. The van der Waals surface area contributed by atoms with Crippen molar-refractivity contribution >= 4 is 15.8 Å². The Labute approximate surface area is 184 Å². The second-order valence-corrected chi connectivity index (χ2v) is 10.8. The van der Waals surface area contributed by atoms with Gasteiger partial charge in [0.05, 0.1) is 36.8 Å². The Balaban J connectivity index is 1.42. The molecular formula is C20H34N6O4S. The van der Waals surface area contributed by atoms with E-state index >= 15 is 0 Å². The number of rotatable bonds is 7. The monoisotopic (exact) mass is 454 g/mol. The van der Waals surface area contributed by atoms with Gasteiger partial charge in [-0.2, -0.15) is 4.31 Å². The summed E-state index contributed by atoms with van der Waals surface area (Å²) in [7, 11) is -1.45. The number of piperazine rings is 1. The molecule has 4 unspecified atom stereocenters. The summed E-state index contributed by atoms with van der Waals surface area (Å²) < 4.78 is 36.5. The van der Waals surface area contributed by atoms with E-state index in [1.165, 1.54) is 10.6 Å². The van der Waals surface area contributed by atoms with Crippen molar-refractivity contribution in [3.8, 4) is 0 Å². The van der Waals surface area contributed by atoms with E-state index in [0.29, 0.717) is 44.7 Å². The first-order valence-corrected chi connectivity index (χ1v) is 12.9. The lowest BCUT2D eigenvalue weighted by atomic mass is 9.79. The Kier molecular flexibility index (Phi) is 7.09. The lowest BCUT2D eigenvalue weighted by molar-refractivity contribution is -0.0623. The summed E-state index contributed by atoms with van der Waals surface area (Å²) >= 11 is 0. The fourth-order valence-electron chi connectivity index (χ4n) is 4.99. The maximum Gasteiger partial charge on any atom is 0.211 e. The van der Waals surface area contributed by atoms with E-state index in [4.69, 9.17) is 9.47 Å². The highest BCUT2D eigenvalue weighted by Crippen LogP contribution is 2.39. The van der Waals surface area contributed by atoms with Crippen molar-refractivity contribution in [2.24, 2.45) is 5.92 Å². The Bertz CT molecular complexity index is 848. The SMILES string of the molecule is COC[C@H](C)OC1CCC2NNC(c3cc(N4CCN(S(C)(=O)=O)CC4)ncn3)C2C1. The summed E-state index contributed by atoms with van der Waals surface area (Å²) in [4.78, 5) is 11.2. The van der Waals surface area contributed by atoms with Gasteiger partial charge < -0.3 is 14.4 Å². The van der Waals surface area contributed by atoms with Gasteiger partial charge in [-0.1, -0.05) is 0 Å². The molecule has 2 aliphatic heterocycles. The van der Waals surface area contributed by atoms with Crippen LogP contribution in [0.5, 0.6) is 0 Å². The average Bonchev–Trinajstić information content (AvgIpc) is 3.17. The Morgan fingerprint density at radius 3 is 2.68 bits per heavy atom. The number of fused-ring (bicyclic) bond motifs is 1. The summed E-state index contributed by atoms with van der Waals surface area (Å²) in [6.07, 6.45) is 6.25. The summed E-state index contributed by atoms with van der Waals surface area (Å²) in [5.41, 5.74) is 7.85. The van der Waals surface area contributed by atoms with Gasteiger partial charge in [-0.25, -0.2) is 23.8 Å². The molecule has 5 atom stereocenters. The quantitative estimate of drug-likeness (QED) is 0.601. The van der Waals surface area contributed by atoms with Crippen LogP contribution in [0.3, 0.4) is 0 Å². The number of sulfonamides is 1. The predicted octanol–water partition coefficient (Wildman–Crippen LogP) is 0.296. The molecule has 0 spiro atoms. The minimum atomic E-state index is -3.15. The number of nitrogens with zero attached hydrogens (tertiary/aromatic N) is 4. The van der Waals surface area contributed by atoms with Gasteiger partial charge in [-0.15, -0.1) is 0 Å². The molecule has 0 amide bonds. The van der Waals surface area contributed by atoms with E-state index in [2.05, 4.69) is 32.6 Å². The van der Waals surface area contributed by atoms with Gasteiger partial charge in [-0.3, -0.25) is 5.43 Å². The van der Waals surface area contributed by atoms with Crippen LogP contribution in [0.15, 0.2) is 12.4 Å². The van der Waals surface area contributed by atoms with Gasteiger partial charge in [-0.05, 0) is 26.2 Å². The number of nitrogens with one attached hydrogen (secondary N) is 2. The summed E-state index contributed by atoms with van der Waals surface area (Å²) in [6.45, 7) is 4.86. The molecule has 1 saturated carbocycles. The van der Waals surface area contributed by atoms with Crippen molar-refractivity contribution in [2.75, 3.05) is 51.1 Å². The number of aromatic nitrogens is 2. The highest BCUT2D eigenvalue weighted by atomic mass is 32.2. The van der Waals surface area contributed by atoms with Crippen LogP contribution in [0.1, 0.15) is 37.9 Å². The van der Waals surface area contributed by atoms with Crippen LogP contribution in [-0.2, 0) is 19.5 Å². The van der Waals surface area contributed by atoms with Crippen LogP contribution in [0.2, 0.25) is 0 Å². The first-order chi connectivity index (χ1) is 14.8. The Morgan fingerprint density at radius 1 is 1.19 bits per heavy atom. The summed E-state index contributed by atoms with van der Waals surface area (Å²) in [6, 6.07) is 2.53. The van der Waals surface area contributed by atoms with E-state index in [1.807, 2.05) is 6.07 Å². The number of hydrazine groups is 1. The molecule has 4 rings (SSSR count). The minimum Gasteiger partial charge on any atom is -0.382 e. The smallest absolute Gasteiger partial charge is 0.211 e. The van der Waals surface area contributed by atoms with Crippen LogP contribution < -0.4 is 15.8 Å². The molecule has 0 bridgehead atoms. The molecule has 1 aromatic rings. The van der Waals surface area contributed by atoms with Crippen LogP contribution in [0.4, 0.5) is 5.82 Å². The maximum atomic E-state index is 11.8. The molecule has 31 heavy (non-hydrogen) atoms. The van der Waals surface area contributed by atoms with Crippen molar-refractivity contribution in [2.45, 2.75) is 50.5 Å². The molecule has 2 N–H and O–H groups in total. The van der Waals surface area contributed by atoms with Crippen molar-refractivity contribution in [3.63, 3.8) is 0 Å². The van der Waals surface area contributed by atoms with Gasteiger partial charge in [0.1, 0.15) is 12.1 Å². The number of methoxy groups -OCH3 is 1. The molecule has 174 valence electrons. The summed E-state index contributed by atoms with van der Waals surface area (Å²) in [5, 5.41) is 0. The largest absolute Gasteiger partial charge is 0.382 e. The Hall–Kier alpha value is -1.37. The molecule has 0 radical (unpaired) electrons. The molecule has 3 heterocycles. The Morgan fingerprint density at radius 2 is 1.97 bits per heavy atom. The third kappa shape index (κ3) is 5.35. The van der Waals surface area contributed by atoms with Crippen LogP contribution in [0, 0.1) is 5.92 Å². The van der Waals surface area contributed by atoms with Crippen LogP contribution in [-0.4, -0.2) is 87.1 Å². The third-order valence-electron chi connectivity index (χ3n) is 6.55. The number of hydrogen-bond acceptors (Lipinski definition) is 9. The molecule has 3 fully saturated rings. The lowest BCUT2D eigenvalue weighted by Crippen LogP contribution is -2.48. The fourth-order valence-corrected chi connectivity index (χ4v) is 5.82. The zero-order valence-electron chi connectivity index (χ0n) is 18.5. The zero-order valence-corrected chi connectivity index (χ0v) is 19.3. The minimum absolute atomic E-state index is 0.0866. The normalized spacial score (nSPS) is 30.9. The highest BCUT2D eigenvalue weighted by Gasteiger charge is 2.42. The number of anilines is 1. The van der Waals surface area contributed by atoms with E-state index < -0.39 is 10.0 Å². The molecule has 3 aliphatic rings. The molecule has 1 aliphatic carbocycles. The van der Waals surface area contributed by atoms with E-state index in [0.717, 1.165) is 30.8 Å². The van der Waals surface area contributed by atoms with Gasteiger partial charge in [0.15, 0.2) is 0 Å². The van der Waals surface area contributed by atoms with Crippen molar-refractivity contribution in [3.05, 3.63) is 18.1 Å². The first-order valence-electron chi connectivity index (χ1n) is 11.0. The van der Waals surface area contributed by atoms with Crippen molar-refractivity contribution in [1.29, 1.82) is 0 Å². The van der Waals surface area contributed by atoms with Crippen LogP contribution >= 0.6 is 0 Å². The second-order valence-electron chi connectivity index (χ2n) is 8.82. The third-order valence-corrected chi connectivity index (χ3v) is 7.86. The van der Waals surface area contributed by atoms with Gasteiger partial charge in [0, 0.05) is 51.3 Å². The maximum absolute atomic E-state index is 11.8. The van der Waals surface area contributed by atoms with Gasteiger partial charge in [0.25, 0.3) is 0 Å². The van der Waals surface area contributed by atoms with Gasteiger partial charge in [0.2, 0.25) is 10.0 Å². The molecule has 11 heteroatoms. The molecule has 2 saturated heterocycles. The number of ether oxygens (including phenoxy) is 2.